The third-order valence-electron chi connectivity index (χ3n) is 4.09. The van der Waals surface area contributed by atoms with E-state index in [1.54, 1.807) is 13.2 Å². The van der Waals surface area contributed by atoms with Gasteiger partial charge in [0, 0.05) is 44.5 Å². The first kappa shape index (κ1) is 16.2. The number of nitrogens with one attached hydrogen (secondary N) is 1. The van der Waals surface area contributed by atoms with Crippen LogP contribution in [0.25, 0.3) is 0 Å². The van der Waals surface area contributed by atoms with Gasteiger partial charge in [0.05, 0.1) is 6.61 Å². The predicted molar refractivity (Wildman–Crippen MR) is 85.1 cm³/mol. The predicted octanol–water partition coefficient (Wildman–Crippen LogP) is 3.04. The molecule has 1 saturated heterocycles. The second-order valence-electron chi connectivity index (χ2n) is 6.26. The lowest BCUT2D eigenvalue weighted by Crippen LogP contribution is -2.39. The van der Waals surface area contributed by atoms with Crippen molar-refractivity contribution in [3.05, 3.63) is 29.6 Å². The van der Waals surface area contributed by atoms with E-state index >= 15 is 0 Å². The van der Waals surface area contributed by atoms with Crippen molar-refractivity contribution >= 4 is 5.69 Å². The van der Waals surface area contributed by atoms with Crippen LogP contribution in [0, 0.1) is 17.7 Å². The molecule has 3 nitrogen and oxygen atoms in total. The molecule has 4 heteroatoms. The lowest BCUT2D eigenvalue weighted by Gasteiger charge is -2.37. The molecule has 2 rings (SSSR count). The lowest BCUT2D eigenvalue weighted by molar-refractivity contribution is 0.199. The van der Waals surface area contributed by atoms with Crippen molar-refractivity contribution < 1.29 is 9.13 Å². The van der Waals surface area contributed by atoms with Gasteiger partial charge in [0.2, 0.25) is 0 Å². The van der Waals surface area contributed by atoms with Crippen molar-refractivity contribution in [2.45, 2.75) is 26.8 Å². The maximum atomic E-state index is 14.2. The van der Waals surface area contributed by atoms with Gasteiger partial charge in [-0.3, -0.25) is 0 Å². The highest BCUT2D eigenvalue weighted by Crippen LogP contribution is 2.30. The zero-order chi connectivity index (χ0) is 15.2. The number of hydrogen-bond acceptors (Lipinski definition) is 3. The first-order chi connectivity index (χ1) is 10.1. The van der Waals surface area contributed by atoms with Crippen LogP contribution in [0.4, 0.5) is 10.1 Å². The average molecular weight is 294 g/mol. The summed E-state index contributed by atoms with van der Waals surface area (Å²) in [6.45, 7) is 8.50. The molecule has 1 N–H and O–H groups in total. The van der Waals surface area contributed by atoms with Gasteiger partial charge in [0.25, 0.3) is 0 Å². The average Bonchev–Trinajstić information content (AvgIpc) is 2.43. The highest BCUT2D eigenvalue weighted by atomic mass is 19.1. The van der Waals surface area contributed by atoms with Gasteiger partial charge < -0.3 is 15.0 Å². The molecule has 0 bridgehead atoms. The second-order valence-corrected chi connectivity index (χ2v) is 6.26. The fraction of sp³-hybridized carbons (Fsp3) is 0.647. The minimum Gasteiger partial charge on any atom is -0.383 e. The minimum absolute atomic E-state index is 0.122. The maximum Gasteiger partial charge on any atom is 0.129 e. The molecule has 1 aromatic rings. The molecule has 1 aliphatic heterocycles. The van der Waals surface area contributed by atoms with Gasteiger partial charge >= 0.3 is 0 Å². The van der Waals surface area contributed by atoms with Gasteiger partial charge in [0.1, 0.15) is 5.82 Å². The van der Waals surface area contributed by atoms with Crippen LogP contribution >= 0.6 is 0 Å². The Hall–Kier alpha value is -1.13. The highest BCUT2D eigenvalue weighted by molar-refractivity contribution is 5.54. The Morgan fingerprint density at radius 3 is 2.67 bits per heavy atom. The number of piperidine rings is 1. The summed E-state index contributed by atoms with van der Waals surface area (Å²) in [5, 5.41) is 3.25. The van der Waals surface area contributed by atoms with E-state index in [1.807, 2.05) is 12.1 Å². The third-order valence-corrected chi connectivity index (χ3v) is 4.09. The smallest absolute Gasteiger partial charge is 0.129 e. The molecule has 0 amide bonds. The van der Waals surface area contributed by atoms with E-state index in [1.165, 1.54) is 6.42 Å². The minimum atomic E-state index is -0.122. The summed E-state index contributed by atoms with van der Waals surface area (Å²) in [7, 11) is 1.67. The van der Waals surface area contributed by atoms with Crippen LogP contribution in [-0.2, 0) is 11.3 Å². The number of ether oxygens (including phenoxy) is 1. The SMILES string of the molecule is COCCNCc1c(F)cccc1N1CC(C)CC(C)C1. The van der Waals surface area contributed by atoms with Crippen molar-refractivity contribution in [2.75, 3.05) is 38.3 Å². The number of methoxy groups -OCH3 is 1. The largest absolute Gasteiger partial charge is 0.383 e. The Morgan fingerprint density at radius 2 is 2.00 bits per heavy atom. The van der Waals surface area contributed by atoms with Crippen LogP contribution in [0.3, 0.4) is 0 Å². The van der Waals surface area contributed by atoms with E-state index in [9.17, 15) is 4.39 Å². The van der Waals surface area contributed by atoms with Crippen LogP contribution in [0.5, 0.6) is 0 Å². The topological polar surface area (TPSA) is 24.5 Å². The van der Waals surface area contributed by atoms with E-state index in [0.717, 1.165) is 30.9 Å². The molecular formula is C17H27FN2O. The zero-order valence-corrected chi connectivity index (χ0v) is 13.4. The Balaban J connectivity index is 2.12. The van der Waals surface area contributed by atoms with Gasteiger partial charge in [0.15, 0.2) is 0 Å². The number of nitrogens with zero attached hydrogens (tertiary/aromatic N) is 1. The van der Waals surface area contributed by atoms with Crippen molar-refractivity contribution in [3.63, 3.8) is 0 Å². The number of anilines is 1. The van der Waals surface area contributed by atoms with Crippen molar-refractivity contribution in [2.24, 2.45) is 11.8 Å². The summed E-state index contributed by atoms with van der Waals surface area (Å²) < 4.78 is 19.2. The molecule has 2 unspecified atom stereocenters. The van der Waals surface area contributed by atoms with Crippen molar-refractivity contribution in [1.29, 1.82) is 0 Å². The zero-order valence-electron chi connectivity index (χ0n) is 13.4. The molecular weight excluding hydrogens is 267 g/mol. The van der Waals surface area contributed by atoms with E-state index in [4.69, 9.17) is 4.74 Å². The molecule has 0 saturated carbocycles. The number of halogens is 1. The van der Waals surface area contributed by atoms with Gasteiger partial charge in [-0.2, -0.15) is 0 Å². The maximum absolute atomic E-state index is 14.2. The van der Waals surface area contributed by atoms with E-state index < -0.39 is 0 Å². The molecule has 0 radical (unpaired) electrons. The van der Waals surface area contributed by atoms with Gasteiger partial charge in [-0.15, -0.1) is 0 Å². The third kappa shape index (κ3) is 4.42. The summed E-state index contributed by atoms with van der Waals surface area (Å²) >= 11 is 0. The number of rotatable bonds is 6. The molecule has 118 valence electrons. The van der Waals surface area contributed by atoms with Crippen LogP contribution in [0.1, 0.15) is 25.8 Å². The molecule has 0 aliphatic carbocycles. The molecule has 21 heavy (non-hydrogen) atoms. The van der Waals surface area contributed by atoms with Gasteiger partial charge in [-0.05, 0) is 30.4 Å². The fourth-order valence-electron chi connectivity index (χ4n) is 3.27. The van der Waals surface area contributed by atoms with Crippen molar-refractivity contribution in [1.82, 2.24) is 5.32 Å². The summed E-state index contributed by atoms with van der Waals surface area (Å²) in [6.07, 6.45) is 1.26. The monoisotopic (exact) mass is 294 g/mol. The molecule has 1 aliphatic rings. The molecule has 1 fully saturated rings. The Kier molecular flexibility index (Phi) is 6.00. The fourth-order valence-corrected chi connectivity index (χ4v) is 3.27. The van der Waals surface area contributed by atoms with Crippen molar-refractivity contribution in [3.8, 4) is 0 Å². The van der Waals surface area contributed by atoms with Crippen LogP contribution in [0.2, 0.25) is 0 Å². The second kappa shape index (κ2) is 7.76. The molecule has 1 heterocycles. The Bertz CT molecular complexity index is 442. The lowest BCUT2D eigenvalue weighted by atomic mass is 9.91. The summed E-state index contributed by atoms with van der Waals surface area (Å²) in [4.78, 5) is 2.34. The standard InChI is InChI=1S/C17H27FN2O/c1-13-9-14(2)12-20(11-13)17-6-4-5-16(18)15(17)10-19-7-8-21-3/h4-6,13-14,19H,7-12H2,1-3H3. The van der Waals surface area contributed by atoms with E-state index in [2.05, 4.69) is 24.1 Å². The Morgan fingerprint density at radius 1 is 1.29 bits per heavy atom. The Labute approximate surface area is 127 Å². The van der Waals surface area contributed by atoms with E-state index in [0.29, 0.717) is 25.0 Å². The molecule has 0 aromatic heterocycles. The van der Waals surface area contributed by atoms with Gasteiger partial charge in [-0.25, -0.2) is 4.39 Å². The van der Waals surface area contributed by atoms with Crippen LogP contribution < -0.4 is 10.2 Å². The quantitative estimate of drug-likeness (QED) is 0.816. The first-order valence-corrected chi connectivity index (χ1v) is 7.83. The summed E-state index contributed by atoms with van der Waals surface area (Å²) in [6, 6.07) is 5.40. The first-order valence-electron chi connectivity index (χ1n) is 7.83. The summed E-state index contributed by atoms with van der Waals surface area (Å²) in [5.74, 6) is 1.20. The van der Waals surface area contributed by atoms with Crippen LogP contribution in [0.15, 0.2) is 18.2 Å². The number of hydrogen-bond donors (Lipinski definition) is 1. The molecule has 2 atom stereocenters. The molecule has 0 spiro atoms. The number of benzene rings is 1. The van der Waals surface area contributed by atoms with E-state index in [-0.39, 0.29) is 5.82 Å². The molecule has 1 aromatic carbocycles. The van der Waals surface area contributed by atoms with Gasteiger partial charge in [-0.1, -0.05) is 19.9 Å². The summed E-state index contributed by atoms with van der Waals surface area (Å²) in [5.41, 5.74) is 1.81. The van der Waals surface area contributed by atoms with Crippen LogP contribution in [-0.4, -0.2) is 33.4 Å². The highest BCUT2D eigenvalue weighted by Gasteiger charge is 2.24. The normalized spacial score (nSPS) is 22.6.